The molecule has 1 atom stereocenters. The Balaban J connectivity index is 3.49. The van der Waals surface area contributed by atoms with Gasteiger partial charge in [-0.3, -0.25) is 4.79 Å². The maximum absolute atomic E-state index is 11.0. The van der Waals surface area contributed by atoms with Gasteiger partial charge < -0.3 is 10.1 Å². The lowest BCUT2D eigenvalue weighted by Gasteiger charge is -2.10. The van der Waals surface area contributed by atoms with Gasteiger partial charge in [0.2, 0.25) is 0 Å². The first-order chi connectivity index (χ1) is 5.72. The predicted octanol–water partition coefficient (Wildman–Crippen LogP) is 1.10. The molecule has 0 aromatic rings. The lowest BCUT2D eigenvalue weighted by molar-refractivity contribution is -0.145. The van der Waals surface area contributed by atoms with E-state index in [0.29, 0.717) is 6.61 Å². The van der Waals surface area contributed by atoms with Crippen LogP contribution in [-0.2, 0) is 9.53 Å². The smallest absolute Gasteiger partial charge is 0.322 e. The molecule has 0 radical (unpaired) electrons. The molecule has 0 saturated heterocycles. The average molecular weight is 171 g/mol. The van der Waals surface area contributed by atoms with Crippen LogP contribution in [0.5, 0.6) is 0 Å². The Morgan fingerprint density at radius 1 is 1.75 bits per heavy atom. The first-order valence-electron chi connectivity index (χ1n) is 4.23. The Labute approximate surface area is 73.8 Å². The van der Waals surface area contributed by atoms with E-state index in [4.69, 9.17) is 4.74 Å². The van der Waals surface area contributed by atoms with Gasteiger partial charge in [0.15, 0.2) is 0 Å². The molecule has 0 aromatic heterocycles. The highest BCUT2D eigenvalue weighted by Gasteiger charge is 2.11. The topological polar surface area (TPSA) is 38.3 Å². The summed E-state index contributed by atoms with van der Waals surface area (Å²) in [5, 5.41) is 3.02. The summed E-state index contributed by atoms with van der Waals surface area (Å²) < 4.78 is 4.81. The summed E-state index contributed by atoms with van der Waals surface area (Å²) in [6, 6.07) is -0.218. The van der Waals surface area contributed by atoms with E-state index in [-0.39, 0.29) is 12.0 Å². The van der Waals surface area contributed by atoms with Crippen LogP contribution in [0.3, 0.4) is 0 Å². The number of nitrogens with one attached hydrogen (secondary N) is 1. The van der Waals surface area contributed by atoms with Crippen LogP contribution in [0.4, 0.5) is 0 Å². The van der Waals surface area contributed by atoms with Crippen molar-refractivity contribution in [1.29, 1.82) is 0 Å². The molecule has 0 fully saturated rings. The highest BCUT2D eigenvalue weighted by Crippen LogP contribution is 1.88. The molecule has 3 heteroatoms. The van der Waals surface area contributed by atoms with Crippen LogP contribution in [0, 0.1) is 0 Å². The average Bonchev–Trinajstić information content (AvgIpc) is 2.05. The summed E-state index contributed by atoms with van der Waals surface area (Å²) in [7, 11) is 0. The second-order valence-electron chi connectivity index (χ2n) is 2.51. The molecule has 3 nitrogen and oxygen atoms in total. The summed E-state index contributed by atoms with van der Waals surface area (Å²) in [6.45, 7) is 8.38. The minimum Gasteiger partial charge on any atom is -0.465 e. The Hall–Kier alpha value is -0.830. The van der Waals surface area contributed by atoms with Crippen LogP contribution >= 0.6 is 0 Å². The van der Waals surface area contributed by atoms with E-state index in [0.717, 1.165) is 13.0 Å². The van der Waals surface area contributed by atoms with Crippen molar-refractivity contribution in [2.45, 2.75) is 26.3 Å². The number of hydrogen-bond donors (Lipinski definition) is 1. The van der Waals surface area contributed by atoms with Crippen molar-refractivity contribution in [1.82, 2.24) is 5.32 Å². The van der Waals surface area contributed by atoms with Crippen molar-refractivity contribution in [2.24, 2.45) is 0 Å². The molecule has 70 valence electrons. The van der Waals surface area contributed by atoms with Crippen molar-refractivity contribution in [3.8, 4) is 0 Å². The van der Waals surface area contributed by atoms with Gasteiger partial charge in [0.1, 0.15) is 6.04 Å². The van der Waals surface area contributed by atoms with Gasteiger partial charge in [0, 0.05) is 0 Å². The van der Waals surface area contributed by atoms with E-state index in [2.05, 4.69) is 11.9 Å². The molecule has 0 aliphatic carbocycles. The van der Waals surface area contributed by atoms with Crippen LogP contribution in [0.1, 0.15) is 20.3 Å². The lowest BCUT2D eigenvalue weighted by atomic mass is 10.3. The maximum atomic E-state index is 11.0. The van der Waals surface area contributed by atoms with Gasteiger partial charge in [-0.05, 0) is 26.8 Å². The molecule has 0 rings (SSSR count). The van der Waals surface area contributed by atoms with Gasteiger partial charge in [0.25, 0.3) is 0 Å². The second-order valence-corrected chi connectivity index (χ2v) is 2.51. The minimum absolute atomic E-state index is 0.193. The molecule has 0 aromatic carbocycles. The van der Waals surface area contributed by atoms with E-state index < -0.39 is 0 Å². The van der Waals surface area contributed by atoms with E-state index in [1.54, 1.807) is 13.8 Å². The van der Waals surface area contributed by atoms with Crippen LogP contribution < -0.4 is 5.32 Å². The van der Waals surface area contributed by atoms with Crippen molar-refractivity contribution in [2.75, 3.05) is 13.2 Å². The summed E-state index contributed by atoms with van der Waals surface area (Å²) in [5.41, 5.74) is 0. The van der Waals surface area contributed by atoms with Crippen molar-refractivity contribution in [3.63, 3.8) is 0 Å². The standard InChI is InChI=1S/C9H17NO2/c1-4-6-7-10-8(3)9(11)12-5-2/h4,8,10H,1,5-7H2,2-3H3. The number of ether oxygens (including phenoxy) is 1. The largest absolute Gasteiger partial charge is 0.465 e. The minimum atomic E-state index is -0.218. The summed E-state index contributed by atoms with van der Waals surface area (Å²) >= 11 is 0. The molecule has 1 N–H and O–H groups in total. The third-order valence-electron chi connectivity index (χ3n) is 1.44. The van der Waals surface area contributed by atoms with Gasteiger partial charge in [-0.1, -0.05) is 6.08 Å². The zero-order valence-corrected chi connectivity index (χ0v) is 7.80. The molecular formula is C9H17NO2. The van der Waals surface area contributed by atoms with Crippen LogP contribution in [0.2, 0.25) is 0 Å². The van der Waals surface area contributed by atoms with E-state index in [1.807, 2.05) is 6.08 Å². The molecule has 0 bridgehead atoms. The van der Waals surface area contributed by atoms with Crippen molar-refractivity contribution in [3.05, 3.63) is 12.7 Å². The number of carbonyl (C=O) groups is 1. The Morgan fingerprint density at radius 2 is 2.42 bits per heavy atom. The monoisotopic (exact) mass is 171 g/mol. The molecule has 0 heterocycles. The van der Waals surface area contributed by atoms with Crippen molar-refractivity contribution < 1.29 is 9.53 Å². The third kappa shape index (κ3) is 4.91. The Bertz CT molecular complexity index is 145. The van der Waals surface area contributed by atoms with Gasteiger partial charge in [0.05, 0.1) is 6.61 Å². The van der Waals surface area contributed by atoms with Gasteiger partial charge in [-0.15, -0.1) is 6.58 Å². The highest BCUT2D eigenvalue weighted by atomic mass is 16.5. The Kier molecular flexibility index (Phi) is 6.38. The van der Waals surface area contributed by atoms with Gasteiger partial charge in [-0.2, -0.15) is 0 Å². The fourth-order valence-electron chi connectivity index (χ4n) is 0.752. The van der Waals surface area contributed by atoms with Crippen LogP contribution in [-0.4, -0.2) is 25.2 Å². The number of hydrogen-bond acceptors (Lipinski definition) is 3. The van der Waals surface area contributed by atoms with Gasteiger partial charge in [-0.25, -0.2) is 0 Å². The third-order valence-corrected chi connectivity index (χ3v) is 1.44. The van der Waals surface area contributed by atoms with E-state index >= 15 is 0 Å². The highest BCUT2D eigenvalue weighted by molar-refractivity contribution is 5.75. The molecule has 0 aliphatic heterocycles. The van der Waals surface area contributed by atoms with Gasteiger partial charge >= 0.3 is 5.97 Å². The maximum Gasteiger partial charge on any atom is 0.322 e. The van der Waals surface area contributed by atoms with E-state index in [1.165, 1.54) is 0 Å². The first kappa shape index (κ1) is 11.2. The molecule has 0 aliphatic rings. The predicted molar refractivity (Wildman–Crippen MR) is 48.9 cm³/mol. The molecule has 0 amide bonds. The van der Waals surface area contributed by atoms with Crippen molar-refractivity contribution >= 4 is 5.97 Å². The summed E-state index contributed by atoms with van der Waals surface area (Å²) in [4.78, 5) is 11.0. The zero-order chi connectivity index (χ0) is 9.40. The quantitative estimate of drug-likeness (QED) is 0.369. The molecule has 0 saturated carbocycles. The molecule has 1 unspecified atom stereocenters. The fourth-order valence-corrected chi connectivity index (χ4v) is 0.752. The van der Waals surface area contributed by atoms with Crippen LogP contribution in [0.25, 0.3) is 0 Å². The molecular weight excluding hydrogens is 154 g/mol. The second kappa shape index (κ2) is 6.85. The molecule has 0 spiro atoms. The first-order valence-corrected chi connectivity index (χ1v) is 4.23. The number of carbonyl (C=O) groups excluding carboxylic acids is 1. The zero-order valence-electron chi connectivity index (χ0n) is 7.80. The summed E-state index contributed by atoms with van der Waals surface area (Å²) in [5.74, 6) is -0.193. The lowest BCUT2D eigenvalue weighted by Crippen LogP contribution is -2.35. The number of esters is 1. The SMILES string of the molecule is C=CCCNC(C)C(=O)OCC. The fraction of sp³-hybridized carbons (Fsp3) is 0.667. The molecule has 12 heavy (non-hydrogen) atoms. The van der Waals surface area contributed by atoms with E-state index in [9.17, 15) is 4.79 Å². The van der Waals surface area contributed by atoms with Crippen LogP contribution in [0.15, 0.2) is 12.7 Å². The normalized spacial score (nSPS) is 12.2. The number of rotatable bonds is 6. The summed E-state index contributed by atoms with van der Waals surface area (Å²) in [6.07, 6.45) is 2.68. The Morgan fingerprint density at radius 3 is 2.92 bits per heavy atom.